The predicted octanol–water partition coefficient (Wildman–Crippen LogP) is 1.51. The van der Waals surface area contributed by atoms with E-state index in [-0.39, 0.29) is 0 Å². The SMILES string of the molecule is CCNC(=NCC(C)N(C)C1CC1)NCC1CCCN1CC. The van der Waals surface area contributed by atoms with Gasteiger partial charge in [0.25, 0.3) is 0 Å². The molecule has 0 amide bonds. The van der Waals surface area contributed by atoms with Gasteiger partial charge in [-0.05, 0) is 59.7 Å². The van der Waals surface area contributed by atoms with E-state index in [1.807, 2.05) is 0 Å². The van der Waals surface area contributed by atoms with E-state index in [1.54, 1.807) is 0 Å². The minimum absolute atomic E-state index is 0.515. The average molecular weight is 310 g/mol. The molecule has 2 fully saturated rings. The zero-order chi connectivity index (χ0) is 15.9. The minimum atomic E-state index is 0.515. The highest BCUT2D eigenvalue weighted by Crippen LogP contribution is 2.26. The largest absolute Gasteiger partial charge is 0.357 e. The van der Waals surface area contributed by atoms with Gasteiger partial charge >= 0.3 is 0 Å². The normalized spacial score (nSPS) is 24.8. The summed E-state index contributed by atoms with van der Waals surface area (Å²) in [6.07, 6.45) is 5.35. The van der Waals surface area contributed by atoms with E-state index in [0.29, 0.717) is 12.1 Å². The third-order valence-electron chi connectivity index (χ3n) is 5.09. The zero-order valence-electron chi connectivity index (χ0n) is 14.9. The molecule has 2 unspecified atom stereocenters. The fraction of sp³-hybridized carbons (Fsp3) is 0.941. The van der Waals surface area contributed by atoms with Crippen molar-refractivity contribution in [2.75, 3.05) is 39.8 Å². The Morgan fingerprint density at radius 2 is 2.05 bits per heavy atom. The van der Waals surface area contributed by atoms with Crippen LogP contribution in [0.5, 0.6) is 0 Å². The first-order valence-electron chi connectivity index (χ1n) is 9.13. The highest BCUT2D eigenvalue weighted by molar-refractivity contribution is 5.79. The maximum atomic E-state index is 4.79. The summed E-state index contributed by atoms with van der Waals surface area (Å²) in [5.41, 5.74) is 0. The molecule has 2 aliphatic rings. The highest BCUT2D eigenvalue weighted by atomic mass is 15.2. The third kappa shape index (κ3) is 5.13. The number of aliphatic imine (C=N–C) groups is 1. The number of nitrogens with zero attached hydrogens (tertiary/aromatic N) is 3. The van der Waals surface area contributed by atoms with Gasteiger partial charge in [0.05, 0.1) is 6.54 Å². The fourth-order valence-electron chi connectivity index (χ4n) is 3.29. The molecule has 2 rings (SSSR count). The molecule has 2 atom stereocenters. The Labute approximate surface area is 136 Å². The first-order chi connectivity index (χ1) is 10.7. The van der Waals surface area contributed by atoms with Gasteiger partial charge in [0.15, 0.2) is 5.96 Å². The summed E-state index contributed by atoms with van der Waals surface area (Å²) < 4.78 is 0. The lowest BCUT2D eigenvalue weighted by Gasteiger charge is -2.25. The Kier molecular flexibility index (Phi) is 6.96. The van der Waals surface area contributed by atoms with Crippen molar-refractivity contribution in [3.05, 3.63) is 0 Å². The number of guanidine groups is 1. The molecule has 22 heavy (non-hydrogen) atoms. The molecule has 1 aliphatic heterocycles. The maximum Gasteiger partial charge on any atom is 0.191 e. The first-order valence-corrected chi connectivity index (χ1v) is 9.13. The van der Waals surface area contributed by atoms with Gasteiger partial charge in [-0.3, -0.25) is 14.8 Å². The van der Waals surface area contributed by atoms with Gasteiger partial charge in [0.2, 0.25) is 0 Å². The minimum Gasteiger partial charge on any atom is -0.357 e. The number of hydrogen-bond donors (Lipinski definition) is 2. The summed E-state index contributed by atoms with van der Waals surface area (Å²) in [6, 6.07) is 1.99. The van der Waals surface area contributed by atoms with Crippen LogP contribution in [0.25, 0.3) is 0 Å². The van der Waals surface area contributed by atoms with Gasteiger partial charge in [0, 0.05) is 31.2 Å². The Morgan fingerprint density at radius 1 is 1.27 bits per heavy atom. The molecule has 1 saturated carbocycles. The van der Waals surface area contributed by atoms with Crippen LogP contribution in [0.4, 0.5) is 0 Å². The Morgan fingerprint density at radius 3 is 2.68 bits per heavy atom. The van der Waals surface area contributed by atoms with Crippen molar-refractivity contribution in [2.24, 2.45) is 4.99 Å². The number of nitrogens with one attached hydrogen (secondary N) is 2. The number of likely N-dealkylation sites (tertiary alicyclic amines) is 1. The van der Waals surface area contributed by atoms with E-state index in [9.17, 15) is 0 Å². The molecule has 0 spiro atoms. The molecule has 5 heteroatoms. The maximum absolute atomic E-state index is 4.79. The highest BCUT2D eigenvalue weighted by Gasteiger charge is 2.29. The second kappa shape index (κ2) is 8.73. The lowest BCUT2D eigenvalue weighted by molar-refractivity contribution is 0.253. The first kappa shape index (κ1) is 17.5. The zero-order valence-corrected chi connectivity index (χ0v) is 14.9. The summed E-state index contributed by atoms with van der Waals surface area (Å²) in [4.78, 5) is 9.84. The van der Waals surface area contributed by atoms with Crippen LogP contribution in [-0.2, 0) is 0 Å². The summed E-state index contributed by atoms with van der Waals surface area (Å²) in [5.74, 6) is 0.974. The molecular weight excluding hydrogens is 274 g/mol. The van der Waals surface area contributed by atoms with Crippen LogP contribution in [0.2, 0.25) is 0 Å². The van der Waals surface area contributed by atoms with Crippen molar-refractivity contribution in [3.8, 4) is 0 Å². The Balaban J connectivity index is 1.78. The van der Waals surface area contributed by atoms with Gasteiger partial charge in [-0.2, -0.15) is 0 Å². The summed E-state index contributed by atoms with van der Waals surface area (Å²) in [7, 11) is 2.23. The van der Waals surface area contributed by atoms with Crippen LogP contribution in [-0.4, -0.2) is 73.7 Å². The van der Waals surface area contributed by atoms with Crippen molar-refractivity contribution >= 4 is 5.96 Å². The molecule has 2 N–H and O–H groups in total. The quantitative estimate of drug-likeness (QED) is 0.527. The average Bonchev–Trinajstić information content (AvgIpc) is 3.27. The van der Waals surface area contributed by atoms with E-state index in [4.69, 9.17) is 4.99 Å². The Hall–Kier alpha value is -0.810. The van der Waals surface area contributed by atoms with E-state index >= 15 is 0 Å². The summed E-state index contributed by atoms with van der Waals surface area (Å²) >= 11 is 0. The van der Waals surface area contributed by atoms with Crippen LogP contribution >= 0.6 is 0 Å². The van der Waals surface area contributed by atoms with Crippen LogP contribution in [0.3, 0.4) is 0 Å². The second-order valence-corrected chi connectivity index (χ2v) is 6.77. The van der Waals surface area contributed by atoms with Crippen molar-refractivity contribution in [1.82, 2.24) is 20.4 Å². The number of likely N-dealkylation sites (N-methyl/N-ethyl adjacent to an activating group) is 2. The standard InChI is InChI=1S/C17H35N5/c1-5-18-17(19-12-14(3)21(4)15-9-10-15)20-13-16-8-7-11-22(16)6-2/h14-16H,5-13H2,1-4H3,(H2,18,19,20). The third-order valence-corrected chi connectivity index (χ3v) is 5.09. The van der Waals surface area contributed by atoms with E-state index in [2.05, 4.69) is 48.3 Å². The second-order valence-electron chi connectivity index (χ2n) is 6.77. The van der Waals surface area contributed by atoms with Crippen molar-refractivity contribution < 1.29 is 0 Å². The lowest BCUT2D eigenvalue weighted by atomic mass is 10.2. The molecule has 0 aromatic carbocycles. The molecular formula is C17H35N5. The molecule has 0 radical (unpaired) electrons. The molecule has 5 nitrogen and oxygen atoms in total. The molecule has 0 aromatic rings. The van der Waals surface area contributed by atoms with Crippen LogP contribution in [0.15, 0.2) is 4.99 Å². The molecule has 1 aliphatic carbocycles. The van der Waals surface area contributed by atoms with Crippen molar-refractivity contribution in [2.45, 2.75) is 64.6 Å². The van der Waals surface area contributed by atoms with Gasteiger partial charge in [-0.1, -0.05) is 6.92 Å². The molecule has 1 saturated heterocycles. The van der Waals surface area contributed by atoms with E-state index < -0.39 is 0 Å². The number of hydrogen-bond acceptors (Lipinski definition) is 3. The van der Waals surface area contributed by atoms with Gasteiger partial charge in [-0.25, -0.2) is 0 Å². The molecule has 0 aromatic heterocycles. The smallest absolute Gasteiger partial charge is 0.191 e. The molecule has 128 valence electrons. The van der Waals surface area contributed by atoms with Crippen LogP contribution in [0.1, 0.15) is 46.5 Å². The predicted molar refractivity (Wildman–Crippen MR) is 94.5 cm³/mol. The topological polar surface area (TPSA) is 42.9 Å². The summed E-state index contributed by atoms with van der Waals surface area (Å²) in [6.45, 7) is 11.9. The van der Waals surface area contributed by atoms with Crippen LogP contribution < -0.4 is 10.6 Å². The van der Waals surface area contributed by atoms with Gasteiger partial charge in [0.1, 0.15) is 0 Å². The fourth-order valence-corrected chi connectivity index (χ4v) is 3.29. The van der Waals surface area contributed by atoms with E-state index in [0.717, 1.165) is 38.2 Å². The van der Waals surface area contributed by atoms with Crippen molar-refractivity contribution in [1.29, 1.82) is 0 Å². The molecule has 1 heterocycles. The number of rotatable bonds is 8. The summed E-state index contributed by atoms with van der Waals surface area (Å²) in [5, 5.41) is 6.93. The molecule has 0 bridgehead atoms. The van der Waals surface area contributed by atoms with Gasteiger partial charge in [-0.15, -0.1) is 0 Å². The van der Waals surface area contributed by atoms with Crippen molar-refractivity contribution in [3.63, 3.8) is 0 Å². The monoisotopic (exact) mass is 309 g/mol. The van der Waals surface area contributed by atoms with E-state index in [1.165, 1.54) is 32.2 Å². The van der Waals surface area contributed by atoms with Crippen LogP contribution in [0, 0.1) is 0 Å². The lowest BCUT2D eigenvalue weighted by Crippen LogP contribution is -2.45. The van der Waals surface area contributed by atoms with Gasteiger partial charge < -0.3 is 10.6 Å². The Bertz CT molecular complexity index is 353.